The minimum atomic E-state index is -4.97. The molecule has 1 spiro atoms. The SMILES string of the molecule is Cn1nccc1C(=O)NCc1ccc(N2C(=S)N(c3ccc(F)c(C(F)(F)F)c3)C(=O)C23CCC3)cc1F. The number of halogens is 5. The van der Waals surface area contributed by atoms with E-state index in [1.165, 1.54) is 40.0 Å². The highest BCUT2D eigenvalue weighted by Gasteiger charge is 2.59. The monoisotopic (exact) mass is 549 g/mol. The fourth-order valence-electron chi connectivity index (χ4n) is 4.76. The van der Waals surface area contributed by atoms with Crippen LogP contribution in [0.2, 0.25) is 0 Å². The second-order valence-electron chi connectivity index (χ2n) is 9.10. The fraction of sp³-hybridized carbons (Fsp3) is 0.280. The Hall–Kier alpha value is -3.87. The van der Waals surface area contributed by atoms with Gasteiger partial charge in [0.05, 0.1) is 11.3 Å². The average molecular weight is 550 g/mol. The minimum Gasteiger partial charge on any atom is -0.347 e. The summed E-state index contributed by atoms with van der Waals surface area (Å²) in [7, 11) is 1.60. The molecule has 2 aromatic carbocycles. The van der Waals surface area contributed by atoms with Gasteiger partial charge in [0.1, 0.15) is 22.9 Å². The van der Waals surface area contributed by atoms with Crippen LogP contribution in [-0.4, -0.2) is 32.2 Å². The minimum absolute atomic E-state index is 0.118. The third-order valence-corrected chi connectivity index (χ3v) is 7.26. The molecule has 0 bridgehead atoms. The molecule has 198 valence electrons. The molecule has 7 nitrogen and oxygen atoms in total. The van der Waals surface area contributed by atoms with E-state index in [2.05, 4.69) is 10.4 Å². The van der Waals surface area contributed by atoms with Crippen molar-refractivity contribution in [2.24, 2.45) is 7.05 Å². The first-order chi connectivity index (χ1) is 17.9. The lowest BCUT2D eigenvalue weighted by Gasteiger charge is -2.43. The molecule has 0 radical (unpaired) electrons. The number of nitrogens with zero attached hydrogens (tertiary/aromatic N) is 4. The van der Waals surface area contributed by atoms with Crippen molar-refractivity contribution in [1.29, 1.82) is 0 Å². The van der Waals surface area contributed by atoms with Gasteiger partial charge in [-0.2, -0.15) is 18.3 Å². The molecule has 1 saturated carbocycles. The molecule has 1 N–H and O–H groups in total. The molecular formula is C25H20F5N5O2S. The lowest BCUT2D eigenvalue weighted by atomic mass is 9.75. The molecule has 0 unspecified atom stereocenters. The molecular weight excluding hydrogens is 529 g/mol. The first-order valence-electron chi connectivity index (χ1n) is 11.5. The second kappa shape index (κ2) is 9.15. The van der Waals surface area contributed by atoms with Crippen LogP contribution in [0.4, 0.5) is 33.3 Å². The number of alkyl halides is 3. The Labute approximate surface area is 218 Å². The highest BCUT2D eigenvalue weighted by atomic mass is 32.1. The first-order valence-corrected chi connectivity index (χ1v) is 11.9. The summed E-state index contributed by atoms with van der Waals surface area (Å²) in [6.45, 7) is -0.118. The predicted octanol–water partition coefficient (Wildman–Crippen LogP) is 4.71. The highest BCUT2D eigenvalue weighted by Crippen LogP contribution is 2.48. The number of amides is 2. The van der Waals surface area contributed by atoms with Crippen molar-refractivity contribution in [3.63, 3.8) is 0 Å². The van der Waals surface area contributed by atoms with Gasteiger partial charge < -0.3 is 10.2 Å². The summed E-state index contributed by atoms with van der Waals surface area (Å²) in [5, 5.41) is 6.39. The second-order valence-corrected chi connectivity index (χ2v) is 9.47. The number of aromatic nitrogens is 2. The zero-order chi connectivity index (χ0) is 27.4. The van der Waals surface area contributed by atoms with E-state index >= 15 is 4.39 Å². The topological polar surface area (TPSA) is 70.5 Å². The largest absolute Gasteiger partial charge is 0.419 e. The smallest absolute Gasteiger partial charge is 0.347 e. The Morgan fingerprint density at radius 1 is 1.08 bits per heavy atom. The van der Waals surface area contributed by atoms with Crippen molar-refractivity contribution in [1.82, 2.24) is 15.1 Å². The van der Waals surface area contributed by atoms with Gasteiger partial charge in [-0.05, 0) is 67.9 Å². The Bertz CT molecular complexity index is 1470. The highest BCUT2D eigenvalue weighted by molar-refractivity contribution is 7.81. The van der Waals surface area contributed by atoms with Crippen molar-refractivity contribution < 1.29 is 31.5 Å². The number of hydrogen-bond donors (Lipinski definition) is 1. The Morgan fingerprint density at radius 2 is 1.79 bits per heavy atom. The van der Waals surface area contributed by atoms with Gasteiger partial charge in [0.25, 0.3) is 11.8 Å². The van der Waals surface area contributed by atoms with Gasteiger partial charge in [0.2, 0.25) is 0 Å². The van der Waals surface area contributed by atoms with Crippen LogP contribution in [0, 0.1) is 11.6 Å². The van der Waals surface area contributed by atoms with Crippen molar-refractivity contribution in [3.05, 3.63) is 77.1 Å². The number of anilines is 2. The lowest BCUT2D eigenvalue weighted by molar-refractivity contribution is -0.140. The third kappa shape index (κ3) is 4.10. The van der Waals surface area contributed by atoms with Crippen LogP contribution in [0.5, 0.6) is 0 Å². The molecule has 38 heavy (non-hydrogen) atoms. The van der Waals surface area contributed by atoms with Gasteiger partial charge in [0, 0.05) is 31.0 Å². The van der Waals surface area contributed by atoms with Crippen LogP contribution in [0.3, 0.4) is 0 Å². The maximum Gasteiger partial charge on any atom is 0.419 e. The van der Waals surface area contributed by atoms with Gasteiger partial charge in [-0.3, -0.25) is 19.2 Å². The zero-order valence-electron chi connectivity index (χ0n) is 19.9. The van der Waals surface area contributed by atoms with Crippen LogP contribution in [0.15, 0.2) is 48.7 Å². The third-order valence-electron chi connectivity index (χ3n) is 6.89. The molecule has 1 aromatic heterocycles. The molecule has 0 atom stereocenters. The van der Waals surface area contributed by atoms with E-state index in [9.17, 15) is 27.2 Å². The fourth-order valence-corrected chi connectivity index (χ4v) is 5.23. The number of aryl methyl sites for hydroxylation is 1. The van der Waals surface area contributed by atoms with Crippen LogP contribution in [0.1, 0.15) is 40.9 Å². The molecule has 1 saturated heterocycles. The predicted molar refractivity (Wildman–Crippen MR) is 131 cm³/mol. The summed E-state index contributed by atoms with van der Waals surface area (Å²) in [6.07, 6.45) is -2.13. The van der Waals surface area contributed by atoms with Gasteiger partial charge in [-0.25, -0.2) is 8.78 Å². The van der Waals surface area contributed by atoms with Crippen LogP contribution >= 0.6 is 12.2 Å². The lowest BCUT2D eigenvalue weighted by Crippen LogP contribution is -2.55. The van der Waals surface area contributed by atoms with Crippen molar-refractivity contribution >= 4 is 40.5 Å². The van der Waals surface area contributed by atoms with Gasteiger partial charge >= 0.3 is 6.18 Å². The molecule has 1 aliphatic heterocycles. The Kier molecular flexibility index (Phi) is 6.21. The van der Waals surface area contributed by atoms with Crippen LogP contribution < -0.4 is 15.1 Å². The van der Waals surface area contributed by atoms with E-state index in [-0.39, 0.29) is 28.6 Å². The standard InChI is InChI=1S/C25H20F5N5O2S/c1-33-20(7-10-32-33)21(36)31-13-14-3-4-16(12-19(14)27)35-23(38)34(22(37)24(35)8-2-9-24)15-5-6-18(26)17(11-15)25(28,29)30/h3-7,10-12H,2,8-9,13H2,1H3,(H,31,36). The molecule has 13 heteroatoms. The van der Waals surface area contributed by atoms with Gasteiger partial charge in [0.15, 0.2) is 5.11 Å². The quantitative estimate of drug-likeness (QED) is 0.369. The van der Waals surface area contributed by atoms with Crippen molar-refractivity contribution in [2.75, 3.05) is 9.80 Å². The van der Waals surface area contributed by atoms with E-state index in [0.29, 0.717) is 37.1 Å². The normalized spacial score (nSPS) is 16.8. The number of benzene rings is 2. The molecule has 5 rings (SSSR count). The van der Waals surface area contributed by atoms with Crippen molar-refractivity contribution in [3.8, 4) is 0 Å². The molecule has 1 aliphatic carbocycles. The molecule has 2 heterocycles. The van der Waals surface area contributed by atoms with E-state index in [1.807, 2.05) is 0 Å². The summed E-state index contributed by atoms with van der Waals surface area (Å²) in [4.78, 5) is 28.2. The maximum absolute atomic E-state index is 15.1. The number of carbonyl (C=O) groups is 2. The van der Waals surface area contributed by atoms with Crippen molar-refractivity contribution in [2.45, 2.75) is 37.5 Å². The number of hydrogen-bond acceptors (Lipinski definition) is 4. The van der Waals surface area contributed by atoms with E-state index in [0.717, 1.165) is 11.0 Å². The summed E-state index contributed by atoms with van der Waals surface area (Å²) >= 11 is 5.51. The Morgan fingerprint density at radius 3 is 2.37 bits per heavy atom. The van der Waals surface area contributed by atoms with Crippen LogP contribution in [0.25, 0.3) is 0 Å². The molecule has 3 aromatic rings. The summed E-state index contributed by atoms with van der Waals surface area (Å²) in [5.41, 5.74) is -2.21. The number of thiocarbonyl (C=S) groups is 1. The first kappa shape index (κ1) is 25.8. The summed E-state index contributed by atoms with van der Waals surface area (Å²) in [6, 6.07) is 7.89. The maximum atomic E-state index is 15.1. The number of nitrogens with one attached hydrogen (secondary N) is 1. The number of rotatable bonds is 5. The molecule has 2 fully saturated rings. The van der Waals surface area contributed by atoms with E-state index < -0.39 is 40.7 Å². The molecule has 2 aliphatic rings. The van der Waals surface area contributed by atoms with Gasteiger partial charge in [-0.1, -0.05) is 6.07 Å². The summed E-state index contributed by atoms with van der Waals surface area (Å²) in [5.74, 6) is -3.14. The zero-order valence-corrected chi connectivity index (χ0v) is 20.7. The van der Waals surface area contributed by atoms with E-state index in [1.54, 1.807) is 7.05 Å². The van der Waals surface area contributed by atoms with E-state index in [4.69, 9.17) is 12.2 Å². The van der Waals surface area contributed by atoms with Gasteiger partial charge in [-0.15, -0.1) is 0 Å². The Balaban J connectivity index is 1.43. The van der Waals surface area contributed by atoms with Crippen LogP contribution in [-0.2, 0) is 24.6 Å². The summed E-state index contributed by atoms with van der Waals surface area (Å²) < 4.78 is 70.3. The molecule has 2 amide bonds. The average Bonchev–Trinajstić information content (AvgIpc) is 3.35. The number of carbonyl (C=O) groups excluding carboxylic acids is 2.